The van der Waals surface area contributed by atoms with Crippen LogP contribution in [0.4, 0.5) is 0 Å². The van der Waals surface area contributed by atoms with Crippen molar-refractivity contribution in [1.29, 1.82) is 0 Å². The van der Waals surface area contributed by atoms with Crippen LogP contribution in [0.2, 0.25) is 5.02 Å². The molecule has 4 nitrogen and oxygen atoms in total. The fourth-order valence-corrected chi connectivity index (χ4v) is 1.77. The van der Waals surface area contributed by atoms with Crippen LogP contribution in [0.25, 0.3) is 17.4 Å². The van der Waals surface area contributed by atoms with Crippen molar-refractivity contribution in [3.63, 3.8) is 0 Å². The fourth-order valence-electron chi connectivity index (χ4n) is 1.65. The Morgan fingerprint density at radius 2 is 2.00 bits per heavy atom. The fraction of sp³-hybridized carbons (Fsp3) is 0.143. The molecule has 1 aromatic carbocycles. The minimum absolute atomic E-state index is 0.122. The predicted octanol–water partition coefficient (Wildman–Crippen LogP) is 4.63. The van der Waals surface area contributed by atoms with E-state index in [1.165, 1.54) is 6.08 Å². The zero-order valence-corrected chi connectivity index (χ0v) is 11.1. The van der Waals surface area contributed by atoms with E-state index in [2.05, 4.69) is 0 Å². The van der Waals surface area contributed by atoms with Gasteiger partial charge in [0.25, 0.3) is 0 Å². The van der Waals surface area contributed by atoms with E-state index in [0.717, 1.165) is 5.56 Å². The van der Waals surface area contributed by atoms with E-state index < -0.39 is 4.92 Å². The number of nitro groups is 1. The summed E-state index contributed by atoms with van der Waals surface area (Å²) < 4.78 is 5.57. The molecule has 0 radical (unpaired) electrons. The van der Waals surface area contributed by atoms with E-state index in [4.69, 9.17) is 16.0 Å². The zero-order valence-electron chi connectivity index (χ0n) is 10.3. The number of rotatable bonds is 4. The van der Waals surface area contributed by atoms with Gasteiger partial charge >= 0.3 is 0 Å². The van der Waals surface area contributed by atoms with E-state index in [0.29, 0.717) is 23.0 Å². The average Bonchev–Trinajstić information content (AvgIpc) is 2.85. The Bertz CT molecular complexity index is 614. The van der Waals surface area contributed by atoms with Crippen molar-refractivity contribution in [2.75, 3.05) is 0 Å². The molecular weight excluding hydrogens is 266 g/mol. The van der Waals surface area contributed by atoms with Crippen molar-refractivity contribution in [3.05, 3.63) is 63.0 Å². The van der Waals surface area contributed by atoms with Crippen molar-refractivity contribution in [1.82, 2.24) is 0 Å². The van der Waals surface area contributed by atoms with Crippen LogP contribution in [-0.2, 0) is 0 Å². The third kappa shape index (κ3) is 3.23. The summed E-state index contributed by atoms with van der Waals surface area (Å²) in [6, 6.07) is 10.7. The second kappa shape index (κ2) is 5.71. The number of nitrogens with zero attached hydrogens (tertiary/aromatic N) is 1. The van der Waals surface area contributed by atoms with Gasteiger partial charge in [-0.2, -0.15) is 0 Å². The number of allylic oxidation sites excluding steroid dienone is 1. The molecule has 0 saturated carbocycles. The molecular formula is C14H12ClNO3. The quantitative estimate of drug-likeness (QED) is 0.605. The molecule has 0 N–H and O–H groups in total. The highest BCUT2D eigenvalue weighted by Crippen LogP contribution is 2.25. The average molecular weight is 278 g/mol. The summed E-state index contributed by atoms with van der Waals surface area (Å²) in [6.45, 7) is 1.73. The van der Waals surface area contributed by atoms with Crippen molar-refractivity contribution in [2.45, 2.75) is 13.3 Å². The van der Waals surface area contributed by atoms with Crippen molar-refractivity contribution in [2.24, 2.45) is 0 Å². The number of benzene rings is 1. The second-order valence-electron chi connectivity index (χ2n) is 3.96. The van der Waals surface area contributed by atoms with Crippen molar-refractivity contribution < 1.29 is 9.34 Å². The second-order valence-corrected chi connectivity index (χ2v) is 4.39. The number of hydrogen-bond acceptors (Lipinski definition) is 3. The molecule has 0 amide bonds. The molecule has 1 heterocycles. The van der Waals surface area contributed by atoms with E-state index in [1.807, 2.05) is 12.1 Å². The standard InChI is InChI=1S/C14H12ClNO3/c1-2-12(16(17)18)9-13-7-8-14(19-13)10-3-5-11(15)6-4-10/h3-9H,2H2,1H3. The summed E-state index contributed by atoms with van der Waals surface area (Å²) in [4.78, 5) is 10.3. The minimum Gasteiger partial charge on any atom is -0.456 e. The summed E-state index contributed by atoms with van der Waals surface area (Å²) in [7, 11) is 0. The maximum absolute atomic E-state index is 10.7. The van der Waals surface area contributed by atoms with E-state index in [9.17, 15) is 10.1 Å². The molecule has 1 aromatic heterocycles. The lowest BCUT2D eigenvalue weighted by molar-refractivity contribution is -0.425. The van der Waals surface area contributed by atoms with Gasteiger partial charge in [0.15, 0.2) is 0 Å². The molecule has 0 saturated heterocycles. The van der Waals surface area contributed by atoms with Crippen LogP contribution >= 0.6 is 11.6 Å². The summed E-state index contributed by atoms with van der Waals surface area (Å²) in [5.41, 5.74) is 1.00. The van der Waals surface area contributed by atoms with Gasteiger partial charge in [0, 0.05) is 17.0 Å². The first kappa shape index (κ1) is 13.4. The Kier molecular flexibility index (Phi) is 4.02. The van der Waals surface area contributed by atoms with Gasteiger partial charge in [0.2, 0.25) is 5.70 Å². The maximum atomic E-state index is 10.7. The van der Waals surface area contributed by atoms with Gasteiger partial charge in [-0.1, -0.05) is 18.5 Å². The predicted molar refractivity (Wildman–Crippen MR) is 74.4 cm³/mol. The molecule has 5 heteroatoms. The molecule has 2 aromatic rings. The molecule has 0 unspecified atom stereocenters. The third-order valence-electron chi connectivity index (χ3n) is 2.66. The normalized spacial score (nSPS) is 11.6. The van der Waals surface area contributed by atoms with Crippen LogP contribution in [0.5, 0.6) is 0 Å². The number of furan rings is 1. The molecule has 0 atom stereocenters. The highest BCUT2D eigenvalue weighted by atomic mass is 35.5. The summed E-state index contributed by atoms with van der Waals surface area (Å²) >= 11 is 5.81. The monoisotopic (exact) mass is 277 g/mol. The van der Waals surface area contributed by atoms with Crippen LogP contribution in [0.15, 0.2) is 46.5 Å². The number of hydrogen-bond donors (Lipinski definition) is 0. The van der Waals surface area contributed by atoms with Crippen LogP contribution < -0.4 is 0 Å². The summed E-state index contributed by atoms with van der Waals surface area (Å²) in [6.07, 6.45) is 1.80. The zero-order chi connectivity index (χ0) is 13.8. The molecule has 0 spiro atoms. The van der Waals surface area contributed by atoms with Crippen LogP contribution in [0.3, 0.4) is 0 Å². The van der Waals surface area contributed by atoms with Gasteiger partial charge in [-0.05, 0) is 36.4 Å². The molecule has 0 bridgehead atoms. The van der Waals surface area contributed by atoms with Crippen LogP contribution in [0, 0.1) is 10.1 Å². The van der Waals surface area contributed by atoms with Gasteiger partial charge in [0.1, 0.15) is 11.5 Å². The molecule has 19 heavy (non-hydrogen) atoms. The lowest BCUT2D eigenvalue weighted by atomic mass is 10.2. The SMILES string of the molecule is CCC(=Cc1ccc(-c2ccc(Cl)cc2)o1)[N+](=O)[O-]. The van der Waals surface area contributed by atoms with Gasteiger partial charge in [-0.3, -0.25) is 10.1 Å². The Hall–Kier alpha value is -2.07. The molecule has 98 valence electrons. The van der Waals surface area contributed by atoms with Crippen LogP contribution in [0.1, 0.15) is 19.1 Å². The molecule has 0 aliphatic carbocycles. The lowest BCUT2D eigenvalue weighted by Crippen LogP contribution is -1.95. The van der Waals surface area contributed by atoms with Gasteiger partial charge < -0.3 is 4.42 Å². The van der Waals surface area contributed by atoms with Gasteiger partial charge in [-0.25, -0.2) is 0 Å². The van der Waals surface area contributed by atoms with Gasteiger partial charge in [-0.15, -0.1) is 0 Å². The lowest BCUT2D eigenvalue weighted by Gasteiger charge is -1.96. The largest absolute Gasteiger partial charge is 0.456 e. The Morgan fingerprint density at radius 3 is 2.58 bits per heavy atom. The van der Waals surface area contributed by atoms with Crippen LogP contribution in [-0.4, -0.2) is 4.92 Å². The highest BCUT2D eigenvalue weighted by Gasteiger charge is 2.10. The topological polar surface area (TPSA) is 56.3 Å². The third-order valence-corrected chi connectivity index (χ3v) is 2.91. The van der Waals surface area contributed by atoms with E-state index >= 15 is 0 Å². The first-order valence-electron chi connectivity index (χ1n) is 5.81. The Balaban J connectivity index is 2.29. The first-order chi connectivity index (χ1) is 9.10. The van der Waals surface area contributed by atoms with Gasteiger partial charge in [0.05, 0.1) is 11.0 Å². The Morgan fingerprint density at radius 1 is 1.32 bits per heavy atom. The van der Waals surface area contributed by atoms with Crippen molar-refractivity contribution >= 4 is 17.7 Å². The summed E-state index contributed by atoms with van der Waals surface area (Å²) in [5.74, 6) is 1.13. The summed E-state index contributed by atoms with van der Waals surface area (Å²) in [5, 5.41) is 11.4. The maximum Gasteiger partial charge on any atom is 0.249 e. The molecule has 0 fully saturated rings. The van der Waals surface area contributed by atoms with E-state index in [1.54, 1.807) is 31.2 Å². The van der Waals surface area contributed by atoms with Crippen molar-refractivity contribution in [3.8, 4) is 11.3 Å². The number of halogens is 1. The molecule has 0 aliphatic heterocycles. The smallest absolute Gasteiger partial charge is 0.249 e. The minimum atomic E-state index is -0.398. The Labute approximate surface area is 115 Å². The molecule has 0 aliphatic rings. The van der Waals surface area contributed by atoms with E-state index in [-0.39, 0.29) is 5.70 Å². The molecule has 2 rings (SSSR count). The highest BCUT2D eigenvalue weighted by molar-refractivity contribution is 6.30. The first-order valence-corrected chi connectivity index (χ1v) is 6.18.